The number of hydrogen-bond acceptors (Lipinski definition) is 3. The fourth-order valence-corrected chi connectivity index (χ4v) is 3.06. The zero-order chi connectivity index (χ0) is 12.5. The van der Waals surface area contributed by atoms with Crippen LogP contribution in [0.1, 0.15) is 48.0 Å². The van der Waals surface area contributed by atoms with Gasteiger partial charge < -0.3 is 5.73 Å². The maximum atomic E-state index is 12.0. The summed E-state index contributed by atoms with van der Waals surface area (Å²) in [5, 5.41) is 0. The second-order valence-corrected chi connectivity index (χ2v) is 8.87. The molecule has 0 bridgehead atoms. The van der Waals surface area contributed by atoms with Crippen molar-refractivity contribution >= 4 is 9.84 Å². The normalized spacial score (nSPS) is 17.9. The van der Waals surface area contributed by atoms with E-state index in [1.807, 2.05) is 6.92 Å². The molecule has 0 saturated carbocycles. The molecule has 3 nitrogen and oxygen atoms in total. The van der Waals surface area contributed by atoms with Gasteiger partial charge >= 0.3 is 0 Å². The molecule has 92 valence electrons. The minimum absolute atomic E-state index is 0.0572. The van der Waals surface area contributed by atoms with Gasteiger partial charge in [0.25, 0.3) is 0 Å². The number of sulfone groups is 1. The highest BCUT2D eigenvalue weighted by molar-refractivity contribution is 7.92. The van der Waals surface area contributed by atoms with E-state index in [0.29, 0.717) is 5.92 Å². The summed E-state index contributed by atoms with van der Waals surface area (Å²) in [5.74, 6) is 0.469. The Morgan fingerprint density at radius 3 is 1.80 bits per heavy atom. The SMILES string of the molecule is CC(C)C[C@](C)(N)CS(=O)(=O)C(C)(C)C. The lowest BCUT2D eigenvalue weighted by Gasteiger charge is -2.30. The van der Waals surface area contributed by atoms with E-state index in [9.17, 15) is 8.42 Å². The molecule has 0 aliphatic rings. The van der Waals surface area contributed by atoms with Gasteiger partial charge in [-0.05, 0) is 40.0 Å². The topological polar surface area (TPSA) is 60.2 Å². The van der Waals surface area contributed by atoms with Gasteiger partial charge in [-0.15, -0.1) is 0 Å². The first-order chi connectivity index (χ1) is 6.37. The largest absolute Gasteiger partial charge is 0.324 e. The highest BCUT2D eigenvalue weighted by atomic mass is 32.2. The Hall–Kier alpha value is -0.0900. The molecule has 0 spiro atoms. The van der Waals surface area contributed by atoms with Crippen LogP contribution in [0, 0.1) is 5.92 Å². The number of nitrogens with two attached hydrogens (primary N) is 1. The molecule has 2 N–H and O–H groups in total. The summed E-state index contributed by atoms with van der Waals surface area (Å²) in [6.07, 6.45) is 0.725. The van der Waals surface area contributed by atoms with Crippen LogP contribution in [0.5, 0.6) is 0 Å². The van der Waals surface area contributed by atoms with E-state index in [0.717, 1.165) is 6.42 Å². The Kier molecular flexibility index (Phi) is 4.39. The molecule has 0 amide bonds. The van der Waals surface area contributed by atoms with Gasteiger partial charge in [-0.3, -0.25) is 0 Å². The molecule has 0 radical (unpaired) electrons. The van der Waals surface area contributed by atoms with Crippen LogP contribution >= 0.6 is 0 Å². The molecule has 4 heteroatoms. The zero-order valence-electron chi connectivity index (χ0n) is 10.8. The summed E-state index contributed by atoms with van der Waals surface area (Å²) in [6, 6.07) is 0. The number of rotatable bonds is 4. The highest BCUT2D eigenvalue weighted by Gasteiger charge is 2.35. The standard InChI is InChI=1S/C11H25NO2S/c1-9(2)7-11(6,12)8-15(13,14)10(3,4)5/h9H,7-8,12H2,1-6H3/t11-/m0/s1. The molecule has 0 rings (SSSR count). The van der Waals surface area contributed by atoms with Crippen LogP contribution in [0.25, 0.3) is 0 Å². The summed E-state index contributed by atoms with van der Waals surface area (Å²) in [4.78, 5) is 0. The second-order valence-electron chi connectivity index (χ2n) is 6.12. The van der Waals surface area contributed by atoms with Crippen LogP contribution in [0.2, 0.25) is 0 Å². The summed E-state index contributed by atoms with van der Waals surface area (Å²) in [5.41, 5.74) is 5.40. The van der Waals surface area contributed by atoms with Crippen LogP contribution < -0.4 is 5.73 Å². The van der Waals surface area contributed by atoms with Gasteiger partial charge in [-0.2, -0.15) is 0 Å². The first kappa shape index (κ1) is 14.9. The van der Waals surface area contributed by atoms with E-state index < -0.39 is 20.1 Å². The van der Waals surface area contributed by atoms with Crippen molar-refractivity contribution in [1.82, 2.24) is 0 Å². The van der Waals surface area contributed by atoms with E-state index in [4.69, 9.17) is 5.73 Å². The Labute approximate surface area is 94.4 Å². The van der Waals surface area contributed by atoms with Gasteiger partial charge in [-0.1, -0.05) is 13.8 Å². The molecule has 0 fully saturated rings. The highest BCUT2D eigenvalue weighted by Crippen LogP contribution is 2.23. The third kappa shape index (κ3) is 4.98. The molecular formula is C11H25NO2S. The van der Waals surface area contributed by atoms with E-state index in [2.05, 4.69) is 13.8 Å². The molecule has 0 aliphatic carbocycles. The third-order valence-electron chi connectivity index (χ3n) is 2.33. The monoisotopic (exact) mass is 235 g/mol. The average Bonchev–Trinajstić information content (AvgIpc) is 1.75. The van der Waals surface area contributed by atoms with Crippen molar-refractivity contribution < 1.29 is 8.42 Å². The fourth-order valence-electron chi connectivity index (χ4n) is 1.64. The maximum Gasteiger partial charge on any atom is 0.156 e. The second kappa shape index (κ2) is 4.42. The van der Waals surface area contributed by atoms with Gasteiger partial charge in [-0.25, -0.2) is 8.42 Å². The van der Waals surface area contributed by atoms with Crippen molar-refractivity contribution in [2.24, 2.45) is 11.7 Å². The Bertz CT molecular complexity index is 297. The molecule has 0 heterocycles. The van der Waals surface area contributed by atoms with Gasteiger partial charge in [0, 0.05) is 5.54 Å². The lowest BCUT2D eigenvalue weighted by Crippen LogP contribution is -2.48. The minimum atomic E-state index is -3.13. The minimum Gasteiger partial charge on any atom is -0.324 e. The van der Waals surface area contributed by atoms with Crippen LogP contribution in [0.15, 0.2) is 0 Å². The zero-order valence-corrected chi connectivity index (χ0v) is 11.6. The van der Waals surface area contributed by atoms with E-state index >= 15 is 0 Å². The van der Waals surface area contributed by atoms with E-state index in [1.54, 1.807) is 20.8 Å². The van der Waals surface area contributed by atoms with Gasteiger partial charge in [0.1, 0.15) is 0 Å². The van der Waals surface area contributed by atoms with E-state index in [-0.39, 0.29) is 5.75 Å². The molecule has 0 aliphatic heterocycles. The molecule has 0 aromatic rings. The smallest absolute Gasteiger partial charge is 0.156 e. The van der Waals surface area contributed by atoms with Crippen molar-refractivity contribution in [1.29, 1.82) is 0 Å². The summed E-state index contributed by atoms with van der Waals surface area (Å²) < 4.78 is 23.2. The summed E-state index contributed by atoms with van der Waals surface area (Å²) in [7, 11) is -3.13. The van der Waals surface area contributed by atoms with Crippen molar-refractivity contribution in [3.8, 4) is 0 Å². The molecule has 0 saturated heterocycles. The van der Waals surface area contributed by atoms with E-state index in [1.165, 1.54) is 0 Å². The van der Waals surface area contributed by atoms with Crippen molar-refractivity contribution in [2.75, 3.05) is 5.75 Å². The van der Waals surface area contributed by atoms with Gasteiger partial charge in [0.15, 0.2) is 9.84 Å². The molecule has 0 aromatic heterocycles. The maximum absolute atomic E-state index is 12.0. The Morgan fingerprint density at radius 1 is 1.13 bits per heavy atom. The lowest BCUT2D eigenvalue weighted by atomic mass is 9.94. The van der Waals surface area contributed by atoms with Crippen molar-refractivity contribution in [3.63, 3.8) is 0 Å². The third-order valence-corrected chi connectivity index (χ3v) is 5.23. The predicted molar refractivity (Wildman–Crippen MR) is 65.6 cm³/mol. The first-order valence-electron chi connectivity index (χ1n) is 5.38. The van der Waals surface area contributed by atoms with Crippen molar-refractivity contribution in [2.45, 2.75) is 58.2 Å². The predicted octanol–water partition coefficient (Wildman–Crippen LogP) is 1.96. The van der Waals surface area contributed by atoms with Crippen LogP contribution in [0.3, 0.4) is 0 Å². The molecule has 1 atom stereocenters. The van der Waals surface area contributed by atoms with Gasteiger partial charge in [0.05, 0.1) is 10.5 Å². The lowest BCUT2D eigenvalue weighted by molar-refractivity contribution is 0.396. The van der Waals surface area contributed by atoms with Crippen molar-refractivity contribution in [3.05, 3.63) is 0 Å². The fraction of sp³-hybridized carbons (Fsp3) is 1.00. The van der Waals surface area contributed by atoms with Gasteiger partial charge in [0.2, 0.25) is 0 Å². The Balaban J connectivity index is 4.74. The quantitative estimate of drug-likeness (QED) is 0.810. The van der Waals surface area contributed by atoms with Crippen LogP contribution in [-0.2, 0) is 9.84 Å². The number of hydrogen-bond donors (Lipinski definition) is 1. The molecule has 15 heavy (non-hydrogen) atoms. The Morgan fingerprint density at radius 2 is 1.53 bits per heavy atom. The first-order valence-corrected chi connectivity index (χ1v) is 7.04. The summed E-state index contributed by atoms with van der Waals surface area (Å²) >= 11 is 0. The van der Waals surface area contributed by atoms with Crippen LogP contribution in [0.4, 0.5) is 0 Å². The summed E-state index contributed by atoms with van der Waals surface area (Å²) in [6.45, 7) is 11.1. The molecular weight excluding hydrogens is 210 g/mol. The average molecular weight is 235 g/mol. The molecule has 0 aromatic carbocycles. The molecule has 0 unspecified atom stereocenters. The van der Waals surface area contributed by atoms with Crippen LogP contribution in [-0.4, -0.2) is 24.5 Å².